The summed E-state index contributed by atoms with van der Waals surface area (Å²) in [7, 11) is 0. The summed E-state index contributed by atoms with van der Waals surface area (Å²) in [5.41, 5.74) is 4.91. The summed E-state index contributed by atoms with van der Waals surface area (Å²) in [6.07, 6.45) is 10.4. The van der Waals surface area contributed by atoms with Crippen LogP contribution in [0.5, 0.6) is 0 Å². The van der Waals surface area contributed by atoms with Gasteiger partial charge in [-0.15, -0.1) is 5.10 Å². The first-order chi connectivity index (χ1) is 25.7. The van der Waals surface area contributed by atoms with Crippen LogP contribution in [0, 0.1) is 5.92 Å². The summed E-state index contributed by atoms with van der Waals surface area (Å²) in [6.45, 7) is 3.16. The van der Waals surface area contributed by atoms with E-state index in [1.165, 1.54) is 22.0 Å². The molecule has 1 aliphatic heterocycles. The quantitative estimate of drug-likeness (QED) is 0.0896. The summed E-state index contributed by atoms with van der Waals surface area (Å²) in [6, 6.07) is -0.712. The van der Waals surface area contributed by atoms with E-state index in [9.17, 15) is 33.9 Å². The average Bonchev–Trinajstić information content (AvgIpc) is 3.82. The highest BCUT2D eigenvalue weighted by Gasteiger charge is 2.45. The van der Waals surface area contributed by atoms with Crippen molar-refractivity contribution >= 4 is 46.4 Å². The molecule has 18 nitrogen and oxygen atoms in total. The van der Waals surface area contributed by atoms with Gasteiger partial charge < -0.3 is 36.8 Å². The van der Waals surface area contributed by atoms with Gasteiger partial charge in [-0.25, -0.2) is 9.48 Å². The van der Waals surface area contributed by atoms with Crippen LogP contribution in [-0.4, -0.2) is 107 Å². The minimum atomic E-state index is -1.37. The Bertz CT molecular complexity index is 1850. The van der Waals surface area contributed by atoms with Crippen LogP contribution in [-0.2, 0) is 24.8 Å². The van der Waals surface area contributed by atoms with E-state index in [1.807, 2.05) is 0 Å². The zero-order chi connectivity index (χ0) is 39.0. The Labute approximate surface area is 311 Å². The van der Waals surface area contributed by atoms with Crippen LogP contribution in [0.2, 0.25) is 0 Å². The van der Waals surface area contributed by atoms with Gasteiger partial charge in [-0.05, 0) is 57.6 Å². The highest BCUT2D eigenvalue weighted by Crippen LogP contribution is 2.33. The largest absolute Gasteiger partial charge is 0.465 e. The van der Waals surface area contributed by atoms with Crippen molar-refractivity contribution in [1.29, 1.82) is 0 Å². The van der Waals surface area contributed by atoms with Crippen molar-refractivity contribution in [1.82, 2.24) is 45.8 Å². The molecule has 3 aromatic rings. The Kier molecular flexibility index (Phi) is 12.9. The average molecular weight is 749 g/mol. The number of Topliss-reactive ketones (excluding diaryl/α,β-unsaturated/α-hetero) is 1. The lowest BCUT2D eigenvalue weighted by molar-refractivity contribution is -0.142. The van der Waals surface area contributed by atoms with E-state index < -0.39 is 65.3 Å². The number of nitrogens with one attached hydrogen (secondary N) is 3. The third-order valence-electron chi connectivity index (χ3n) is 10.1. The molecule has 2 aliphatic rings. The number of primary amides is 1. The Hall–Kier alpha value is -5.52. The van der Waals surface area contributed by atoms with Crippen LogP contribution in [0.25, 0.3) is 10.9 Å². The maximum absolute atomic E-state index is 14.8. The normalized spacial score (nSPS) is 18.8. The van der Waals surface area contributed by atoms with E-state index in [2.05, 4.69) is 36.2 Å². The van der Waals surface area contributed by atoms with Gasteiger partial charge in [0.1, 0.15) is 17.7 Å². The van der Waals surface area contributed by atoms with Crippen LogP contribution in [0.3, 0.4) is 0 Å². The standard InChI is InChI=1S/C36H48N10O8/c1-36(2,54)28-19-41-44-46(28)23-16-27(33(50)42-25(30(47)31(37)48)12-6-7-13-40-35(52)53)45(20-23)34(51)26(15-21-9-4-3-5-10-21)43-32(49)24-18-38-17-22-11-8-14-39-29(22)24/h8,11,14,17-19,21,23,25-27,40,54H,3-7,9-10,12-13,15-16,20H2,1-2H3,(H2,37,48)(H,42,50)(H,43,49)(H,52,53)/t23-,25?,26?,27-/m0/s1. The molecule has 5 rings (SSSR count). The first-order valence-corrected chi connectivity index (χ1v) is 18.3. The smallest absolute Gasteiger partial charge is 0.404 e. The first kappa shape index (κ1) is 39.7. The molecule has 4 heterocycles. The summed E-state index contributed by atoms with van der Waals surface area (Å²) in [5, 5.41) is 36.3. The molecule has 1 saturated carbocycles. The zero-order valence-electron chi connectivity index (χ0n) is 30.4. The van der Waals surface area contributed by atoms with Crippen molar-refractivity contribution < 1.29 is 39.0 Å². The molecule has 1 saturated heterocycles. The van der Waals surface area contributed by atoms with E-state index >= 15 is 0 Å². The number of carbonyl (C=O) groups excluding carboxylic acids is 5. The fraction of sp³-hybridized carbons (Fsp3) is 0.556. The Balaban J connectivity index is 1.45. The molecule has 54 heavy (non-hydrogen) atoms. The summed E-state index contributed by atoms with van der Waals surface area (Å²) in [4.78, 5) is 88.5. The minimum Gasteiger partial charge on any atom is -0.465 e. The molecule has 0 radical (unpaired) electrons. The van der Waals surface area contributed by atoms with E-state index in [1.54, 1.807) is 38.4 Å². The number of carboxylic acid groups (broad SMARTS) is 1. The van der Waals surface area contributed by atoms with Crippen LogP contribution < -0.4 is 21.7 Å². The molecular weight excluding hydrogens is 700 g/mol. The van der Waals surface area contributed by atoms with Crippen molar-refractivity contribution in [2.75, 3.05) is 13.1 Å². The van der Waals surface area contributed by atoms with Gasteiger partial charge in [0.05, 0.1) is 35.1 Å². The van der Waals surface area contributed by atoms with E-state index in [-0.39, 0.29) is 43.8 Å². The number of likely N-dealkylation sites (tertiary alicyclic amines) is 1. The van der Waals surface area contributed by atoms with Crippen LogP contribution in [0.15, 0.2) is 36.9 Å². The molecule has 5 amide bonds. The number of unbranched alkanes of at least 4 members (excludes halogenated alkanes) is 1. The number of aromatic nitrogens is 5. The third-order valence-corrected chi connectivity index (χ3v) is 10.1. The predicted octanol–water partition coefficient (Wildman–Crippen LogP) is 1.34. The van der Waals surface area contributed by atoms with Gasteiger partial charge in [-0.2, -0.15) is 0 Å². The van der Waals surface area contributed by atoms with E-state index in [0.717, 1.165) is 32.1 Å². The fourth-order valence-corrected chi connectivity index (χ4v) is 7.39. The van der Waals surface area contributed by atoms with Gasteiger partial charge in [-0.3, -0.25) is 33.9 Å². The molecular formula is C36H48N10O8. The van der Waals surface area contributed by atoms with Gasteiger partial charge in [-0.1, -0.05) is 37.3 Å². The number of rotatable bonds is 16. The second-order valence-corrected chi connectivity index (χ2v) is 14.6. The van der Waals surface area contributed by atoms with Gasteiger partial charge in [0.15, 0.2) is 0 Å². The Morgan fingerprint density at radius 1 is 1.02 bits per heavy atom. The second-order valence-electron chi connectivity index (χ2n) is 14.6. The molecule has 18 heteroatoms. The predicted molar refractivity (Wildman–Crippen MR) is 192 cm³/mol. The molecule has 0 bridgehead atoms. The molecule has 1 aliphatic carbocycles. The van der Waals surface area contributed by atoms with Crippen LogP contribution >= 0.6 is 0 Å². The second kappa shape index (κ2) is 17.5. The van der Waals surface area contributed by atoms with Crippen molar-refractivity contribution in [3.8, 4) is 0 Å². The van der Waals surface area contributed by atoms with E-state index in [0.29, 0.717) is 29.4 Å². The molecule has 2 unspecified atom stereocenters. The lowest BCUT2D eigenvalue weighted by Gasteiger charge is -2.32. The number of aliphatic hydroxyl groups is 1. The van der Waals surface area contributed by atoms with Gasteiger partial charge in [0.25, 0.3) is 11.8 Å². The number of nitrogens with two attached hydrogens (primary N) is 1. The van der Waals surface area contributed by atoms with Crippen LogP contribution in [0.4, 0.5) is 4.79 Å². The lowest BCUT2D eigenvalue weighted by Crippen LogP contribution is -2.56. The summed E-state index contributed by atoms with van der Waals surface area (Å²) >= 11 is 0. The molecule has 7 N–H and O–H groups in total. The molecule has 3 aromatic heterocycles. The molecule has 4 atom stereocenters. The number of nitrogens with zero attached hydrogens (tertiary/aromatic N) is 6. The SMILES string of the molecule is CC(C)(O)c1cnnn1[C@H]1C[C@@H](C(=O)NC(CCCCNC(=O)O)C(=O)C(N)=O)N(C(=O)C(CC2CCCCC2)NC(=O)c2cncc3cccnc23)C1. The molecule has 0 aromatic carbocycles. The lowest BCUT2D eigenvalue weighted by atomic mass is 9.84. The first-order valence-electron chi connectivity index (χ1n) is 18.3. The van der Waals surface area contributed by atoms with Crippen molar-refractivity contribution in [2.24, 2.45) is 11.7 Å². The zero-order valence-corrected chi connectivity index (χ0v) is 30.4. The molecule has 0 spiro atoms. The Morgan fingerprint density at radius 2 is 1.78 bits per heavy atom. The number of hydrogen-bond acceptors (Lipinski definition) is 11. The maximum atomic E-state index is 14.8. The fourth-order valence-electron chi connectivity index (χ4n) is 7.39. The monoisotopic (exact) mass is 748 g/mol. The topological polar surface area (TPSA) is 265 Å². The number of fused-ring (bicyclic) bond motifs is 1. The van der Waals surface area contributed by atoms with Crippen molar-refractivity contribution in [3.05, 3.63) is 48.2 Å². The highest BCUT2D eigenvalue weighted by atomic mass is 16.4. The molecule has 290 valence electrons. The third kappa shape index (κ3) is 9.71. The van der Waals surface area contributed by atoms with E-state index in [4.69, 9.17) is 10.8 Å². The number of amides is 5. The minimum absolute atomic E-state index is 0.00524. The number of hydrogen-bond donors (Lipinski definition) is 6. The van der Waals surface area contributed by atoms with Gasteiger partial charge in [0.2, 0.25) is 17.6 Å². The maximum Gasteiger partial charge on any atom is 0.404 e. The van der Waals surface area contributed by atoms with Gasteiger partial charge >= 0.3 is 6.09 Å². The highest BCUT2D eigenvalue weighted by molar-refractivity contribution is 6.37. The molecule has 2 fully saturated rings. The number of carbonyl (C=O) groups is 6. The number of ketones is 1. The Morgan fingerprint density at radius 3 is 2.48 bits per heavy atom. The van der Waals surface area contributed by atoms with Crippen LogP contribution in [0.1, 0.15) is 100 Å². The number of pyridine rings is 2. The summed E-state index contributed by atoms with van der Waals surface area (Å²) < 4.78 is 1.47. The van der Waals surface area contributed by atoms with Gasteiger partial charge in [0, 0.05) is 43.5 Å². The van der Waals surface area contributed by atoms with Crippen molar-refractivity contribution in [2.45, 2.75) is 108 Å². The van der Waals surface area contributed by atoms with Crippen molar-refractivity contribution in [3.63, 3.8) is 0 Å². The summed E-state index contributed by atoms with van der Waals surface area (Å²) in [5.74, 6) is -3.98.